The number of carbonyl (C=O) groups is 1. The number of nitrogens with zero attached hydrogens (tertiary/aromatic N) is 4. The highest BCUT2D eigenvalue weighted by atomic mass is 16.2. The topological polar surface area (TPSA) is 61.4 Å². The van der Waals surface area contributed by atoms with Crippen molar-refractivity contribution in [2.75, 3.05) is 36.4 Å². The predicted molar refractivity (Wildman–Crippen MR) is 134 cm³/mol. The van der Waals surface area contributed by atoms with Crippen LogP contribution in [0.1, 0.15) is 11.1 Å². The second-order valence-electron chi connectivity index (χ2n) is 8.56. The van der Waals surface area contributed by atoms with Gasteiger partial charge >= 0.3 is 6.03 Å². The number of anilines is 2. The first-order chi connectivity index (χ1) is 16.1. The molecule has 1 aromatic heterocycles. The molecule has 3 aromatic carbocycles. The van der Waals surface area contributed by atoms with E-state index in [4.69, 9.17) is 0 Å². The molecule has 0 radical (unpaired) electrons. The van der Waals surface area contributed by atoms with E-state index in [-0.39, 0.29) is 6.03 Å². The summed E-state index contributed by atoms with van der Waals surface area (Å²) in [6.07, 6.45) is 0. The zero-order chi connectivity index (χ0) is 22.8. The van der Waals surface area contributed by atoms with Crippen molar-refractivity contribution in [1.82, 2.24) is 15.1 Å². The van der Waals surface area contributed by atoms with Crippen LogP contribution in [-0.4, -0.2) is 47.3 Å². The van der Waals surface area contributed by atoms with Crippen molar-refractivity contribution in [3.63, 3.8) is 0 Å². The molecule has 0 aliphatic carbocycles. The molecule has 2 amide bonds. The molecule has 6 heteroatoms. The van der Waals surface area contributed by atoms with E-state index in [0.29, 0.717) is 13.1 Å². The van der Waals surface area contributed by atoms with Crippen LogP contribution < -0.4 is 10.2 Å². The van der Waals surface area contributed by atoms with Crippen LogP contribution in [0.5, 0.6) is 0 Å². The van der Waals surface area contributed by atoms with E-state index >= 15 is 0 Å². The molecule has 0 saturated carbocycles. The molecule has 1 saturated heterocycles. The van der Waals surface area contributed by atoms with E-state index in [1.807, 2.05) is 55.1 Å². The summed E-state index contributed by atoms with van der Waals surface area (Å²) < 4.78 is 0. The SMILES string of the molecule is Cc1ccc(C)c(NC(=O)N2CCN(c3ccc(-c4ccc5ccccc5c4)nn3)CC2)c1. The standard InChI is InChI=1S/C27H27N5O/c1-19-7-8-20(2)25(17-19)28-27(33)32-15-13-31(14-16-32)26-12-11-24(29-30-26)23-10-9-21-5-3-4-6-22(21)18-23/h3-12,17-18H,13-16H2,1-2H3,(H,28,33). The van der Waals surface area contributed by atoms with E-state index in [1.165, 1.54) is 10.8 Å². The van der Waals surface area contributed by atoms with Gasteiger partial charge in [0.1, 0.15) is 0 Å². The van der Waals surface area contributed by atoms with Crippen molar-refractivity contribution < 1.29 is 4.79 Å². The Kier molecular flexibility index (Phi) is 5.65. The van der Waals surface area contributed by atoms with E-state index in [0.717, 1.165) is 47.0 Å². The number of nitrogens with one attached hydrogen (secondary N) is 1. The number of hydrogen-bond acceptors (Lipinski definition) is 4. The van der Waals surface area contributed by atoms with Gasteiger partial charge in [0.15, 0.2) is 5.82 Å². The maximum Gasteiger partial charge on any atom is 0.321 e. The summed E-state index contributed by atoms with van der Waals surface area (Å²) >= 11 is 0. The second kappa shape index (κ2) is 8.90. The highest BCUT2D eigenvalue weighted by Gasteiger charge is 2.22. The molecular formula is C27H27N5O. The highest BCUT2D eigenvalue weighted by molar-refractivity contribution is 5.90. The van der Waals surface area contributed by atoms with Gasteiger partial charge in [-0.25, -0.2) is 4.79 Å². The lowest BCUT2D eigenvalue weighted by Crippen LogP contribution is -2.50. The minimum atomic E-state index is -0.0545. The third kappa shape index (κ3) is 4.51. The fraction of sp³-hybridized carbons (Fsp3) is 0.222. The van der Waals surface area contributed by atoms with Crippen molar-refractivity contribution in [1.29, 1.82) is 0 Å². The Hall–Kier alpha value is -3.93. The number of urea groups is 1. The molecule has 33 heavy (non-hydrogen) atoms. The summed E-state index contributed by atoms with van der Waals surface area (Å²) in [5, 5.41) is 14.4. The molecule has 0 atom stereocenters. The Bertz CT molecular complexity index is 1290. The average molecular weight is 438 g/mol. The lowest BCUT2D eigenvalue weighted by atomic mass is 10.1. The fourth-order valence-corrected chi connectivity index (χ4v) is 4.20. The van der Waals surface area contributed by atoms with Crippen molar-refractivity contribution in [2.24, 2.45) is 0 Å². The van der Waals surface area contributed by atoms with Crippen molar-refractivity contribution in [2.45, 2.75) is 13.8 Å². The summed E-state index contributed by atoms with van der Waals surface area (Å²) in [5.41, 5.74) is 4.98. The molecule has 1 aliphatic rings. The number of rotatable bonds is 3. The minimum absolute atomic E-state index is 0.0545. The highest BCUT2D eigenvalue weighted by Crippen LogP contribution is 2.24. The molecule has 6 nitrogen and oxygen atoms in total. The molecule has 4 aromatic rings. The number of fused-ring (bicyclic) bond motifs is 1. The monoisotopic (exact) mass is 437 g/mol. The Morgan fingerprint density at radius 2 is 1.61 bits per heavy atom. The van der Waals surface area contributed by atoms with Crippen molar-refractivity contribution >= 4 is 28.3 Å². The molecule has 1 fully saturated rings. The molecular weight excluding hydrogens is 410 g/mol. The van der Waals surface area contributed by atoms with Gasteiger partial charge < -0.3 is 15.1 Å². The Morgan fingerprint density at radius 1 is 0.818 bits per heavy atom. The van der Waals surface area contributed by atoms with Crippen LogP contribution in [0.4, 0.5) is 16.3 Å². The van der Waals surface area contributed by atoms with E-state index in [2.05, 4.69) is 56.8 Å². The fourth-order valence-electron chi connectivity index (χ4n) is 4.20. The maximum absolute atomic E-state index is 12.7. The predicted octanol–water partition coefficient (Wildman–Crippen LogP) is 5.27. The van der Waals surface area contributed by atoms with Gasteiger partial charge in [0.05, 0.1) is 5.69 Å². The maximum atomic E-state index is 12.7. The first-order valence-electron chi connectivity index (χ1n) is 11.3. The van der Waals surface area contributed by atoms with Gasteiger partial charge in [0, 0.05) is 37.4 Å². The molecule has 2 heterocycles. The number of carbonyl (C=O) groups excluding carboxylic acids is 1. The van der Waals surface area contributed by atoms with Crippen molar-refractivity contribution in [3.8, 4) is 11.3 Å². The van der Waals surface area contributed by atoms with Gasteiger partial charge in [0.2, 0.25) is 0 Å². The number of benzene rings is 3. The third-order valence-electron chi connectivity index (χ3n) is 6.22. The zero-order valence-corrected chi connectivity index (χ0v) is 19.0. The molecule has 1 N–H and O–H groups in total. The largest absolute Gasteiger partial charge is 0.352 e. The van der Waals surface area contributed by atoms with Crippen LogP contribution in [0.25, 0.3) is 22.0 Å². The molecule has 0 spiro atoms. The van der Waals surface area contributed by atoms with Gasteiger partial charge in [-0.15, -0.1) is 10.2 Å². The Morgan fingerprint density at radius 3 is 2.36 bits per heavy atom. The number of hydrogen-bond donors (Lipinski definition) is 1. The second-order valence-corrected chi connectivity index (χ2v) is 8.56. The van der Waals surface area contributed by atoms with Gasteiger partial charge in [-0.3, -0.25) is 0 Å². The third-order valence-corrected chi connectivity index (χ3v) is 6.22. The summed E-state index contributed by atoms with van der Waals surface area (Å²) in [4.78, 5) is 16.8. The van der Waals surface area contributed by atoms with E-state index in [1.54, 1.807) is 0 Å². The Balaban J connectivity index is 1.22. The lowest BCUT2D eigenvalue weighted by molar-refractivity contribution is 0.208. The first-order valence-corrected chi connectivity index (χ1v) is 11.3. The quantitative estimate of drug-likeness (QED) is 0.474. The summed E-state index contributed by atoms with van der Waals surface area (Å²) in [6, 6.07) is 24.7. The van der Waals surface area contributed by atoms with Crippen LogP contribution in [0.15, 0.2) is 72.8 Å². The van der Waals surface area contributed by atoms with E-state index < -0.39 is 0 Å². The number of aromatic nitrogens is 2. The number of piperazine rings is 1. The summed E-state index contributed by atoms with van der Waals surface area (Å²) in [7, 11) is 0. The smallest absolute Gasteiger partial charge is 0.321 e. The normalized spacial score (nSPS) is 13.9. The van der Waals surface area contributed by atoms with Gasteiger partial charge in [-0.1, -0.05) is 48.5 Å². The first kappa shape index (κ1) is 20.9. The zero-order valence-electron chi connectivity index (χ0n) is 19.0. The summed E-state index contributed by atoms with van der Waals surface area (Å²) in [5.74, 6) is 0.842. The molecule has 0 bridgehead atoms. The molecule has 166 valence electrons. The van der Waals surface area contributed by atoms with Crippen molar-refractivity contribution in [3.05, 3.63) is 83.9 Å². The van der Waals surface area contributed by atoms with Crippen LogP contribution >= 0.6 is 0 Å². The summed E-state index contributed by atoms with van der Waals surface area (Å²) in [6.45, 7) is 6.78. The molecule has 1 aliphatic heterocycles. The van der Waals surface area contributed by atoms with Crippen LogP contribution in [-0.2, 0) is 0 Å². The molecule has 0 unspecified atom stereocenters. The minimum Gasteiger partial charge on any atom is -0.352 e. The number of amides is 2. The van der Waals surface area contributed by atoms with Gasteiger partial charge in [0.25, 0.3) is 0 Å². The van der Waals surface area contributed by atoms with Gasteiger partial charge in [-0.2, -0.15) is 0 Å². The van der Waals surface area contributed by atoms with Crippen LogP contribution in [0.3, 0.4) is 0 Å². The van der Waals surface area contributed by atoms with Crippen LogP contribution in [0, 0.1) is 13.8 Å². The average Bonchev–Trinajstić information content (AvgIpc) is 2.86. The van der Waals surface area contributed by atoms with E-state index in [9.17, 15) is 4.79 Å². The van der Waals surface area contributed by atoms with Crippen LogP contribution in [0.2, 0.25) is 0 Å². The molecule has 5 rings (SSSR count). The lowest BCUT2D eigenvalue weighted by Gasteiger charge is -2.35. The van der Waals surface area contributed by atoms with Gasteiger partial charge in [-0.05, 0) is 60.0 Å². The number of aryl methyl sites for hydroxylation is 2. The Labute approximate surface area is 193 Å².